The van der Waals surface area contributed by atoms with Crippen LogP contribution in [0.25, 0.3) is 0 Å². The van der Waals surface area contributed by atoms with Gasteiger partial charge in [-0.1, -0.05) is 13.3 Å². The van der Waals surface area contributed by atoms with Crippen molar-refractivity contribution in [2.75, 3.05) is 26.2 Å². The topological polar surface area (TPSA) is 52.7 Å². The maximum atomic E-state index is 12.8. The third-order valence-corrected chi connectivity index (χ3v) is 7.98. The summed E-state index contributed by atoms with van der Waals surface area (Å²) >= 11 is 1.57. The summed E-state index contributed by atoms with van der Waals surface area (Å²) < 4.78 is 0. The molecule has 3 aliphatic rings. The number of carbonyl (C=O) groups excluding carboxylic acids is 2. The van der Waals surface area contributed by atoms with Gasteiger partial charge in [0.25, 0.3) is 5.91 Å². The third kappa shape index (κ3) is 3.31. The normalized spacial score (nSPS) is 28.4. The molecule has 0 aliphatic carbocycles. The Morgan fingerprint density at radius 1 is 1.33 bits per heavy atom. The molecular formula is C21H31N3O2S. The largest absolute Gasteiger partial charge is 0.350 e. The predicted molar refractivity (Wildman–Crippen MR) is 108 cm³/mol. The molecule has 5 nitrogen and oxygen atoms in total. The second-order valence-electron chi connectivity index (χ2n) is 8.65. The summed E-state index contributed by atoms with van der Waals surface area (Å²) in [5.74, 6) is 0.908. The molecule has 4 heterocycles. The lowest BCUT2D eigenvalue weighted by atomic mass is 9.75. The molecule has 3 fully saturated rings. The van der Waals surface area contributed by atoms with Crippen LogP contribution in [0.4, 0.5) is 0 Å². The molecular weight excluding hydrogens is 358 g/mol. The quantitative estimate of drug-likeness (QED) is 0.861. The lowest BCUT2D eigenvalue weighted by molar-refractivity contribution is -0.123. The number of nitrogens with zero attached hydrogens (tertiary/aromatic N) is 2. The Hall–Kier alpha value is -1.40. The molecule has 0 saturated carbocycles. The van der Waals surface area contributed by atoms with E-state index in [2.05, 4.69) is 24.1 Å². The zero-order valence-corrected chi connectivity index (χ0v) is 17.5. The number of hydrogen-bond donors (Lipinski definition) is 1. The minimum atomic E-state index is -0.107. The van der Waals surface area contributed by atoms with Gasteiger partial charge in [-0.25, -0.2) is 0 Å². The average Bonchev–Trinajstić information content (AvgIpc) is 3.33. The van der Waals surface area contributed by atoms with Crippen LogP contribution in [0.3, 0.4) is 0 Å². The van der Waals surface area contributed by atoms with Gasteiger partial charge in [0.1, 0.15) is 0 Å². The van der Waals surface area contributed by atoms with Crippen molar-refractivity contribution in [2.45, 2.75) is 58.0 Å². The molecule has 1 aromatic heterocycles. The minimum absolute atomic E-state index is 0.107. The van der Waals surface area contributed by atoms with E-state index in [1.807, 2.05) is 24.0 Å². The van der Waals surface area contributed by atoms with Gasteiger partial charge in [0, 0.05) is 48.6 Å². The maximum absolute atomic E-state index is 12.8. The van der Waals surface area contributed by atoms with E-state index in [-0.39, 0.29) is 23.3 Å². The second-order valence-corrected chi connectivity index (χ2v) is 9.94. The van der Waals surface area contributed by atoms with E-state index in [4.69, 9.17) is 0 Å². The van der Waals surface area contributed by atoms with E-state index in [0.29, 0.717) is 12.0 Å². The highest BCUT2D eigenvalue weighted by Crippen LogP contribution is 2.44. The second kappa shape index (κ2) is 7.21. The summed E-state index contributed by atoms with van der Waals surface area (Å²) in [6, 6.07) is 4.49. The van der Waals surface area contributed by atoms with Gasteiger partial charge in [0.05, 0.1) is 10.8 Å². The molecule has 3 aliphatic heterocycles. The summed E-state index contributed by atoms with van der Waals surface area (Å²) in [6.45, 7) is 9.95. The van der Waals surface area contributed by atoms with E-state index in [1.54, 1.807) is 11.3 Å². The molecule has 1 N–H and O–H groups in total. The zero-order chi connectivity index (χ0) is 19.2. The number of thiophene rings is 1. The highest BCUT2D eigenvalue weighted by Gasteiger charge is 2.57. The van der Waals surface area contributed by atoms with Crippen LogP contribution in [0.5, 0.6) is 0 Å². The van der Waals surface area contributed by atoms with Gasteiger partial charge in [-0.15, -0.1) is 11.3 Å². The third-order valence-electron chi connectivity index (χ3n) is 6.99. The number of hydrogen-bond acceptors (Lipinski definition) is 4. The molecule has 27 heavy (non-hydrogen) atoms. The Labute approximate surface area is 166 Å². The minimum Gasteiger partial charge on any atom is -0.350 e. The molecule has 1 spiro atoms. The first-order valence-electron chi connectivity index (χ1n) is 10.4. The van der Waals surface area contributed by atoms with Crippen LogP contribution in [-0.4, -0.2) is 59.4 Å². The van der Waals surface area contributed by atoms with Crippen molar-refractivity contribution in [3.8, 4) is 0 Å². The summed E-state index contributed by atoms with van der Waals surface area (Å²) in [6.07, 6.45) is 4.14. The monoisotopic (exact) mass is 389 g/mol. The molecule has 4 rings (SSSR count). The Balaban J connectivity index is 1.43. The lowest BCUT2D eigenvalue weighted by Gasteiger charge is -2.43. The number of rotatable bonds is 4. The van der Waals surface area contributed by atoms with Gasteiger partial charge in [-0.3, -0.25) is 14.5 Å². The highest BCUT2D eigenvalue weighted by atomic mass is 32.1. The maximum Gasteiger partial charge on any atom is 0.263 e. The molecule has 3 atom stereocenters. The van der Waals surface area contributed by atoms with Gasteiger partial charge < -0.3 is 10.2 Å². The average molecular weight is 390 g/mol. The number of amides is 2. The molecule has 3 saturated heterocycles. The first kappa shape index (κ1) is 18.9. The molecule has 0 radical (unpaired) electrons. The fraction of sp³-hybridized carbons (Fsp3) is 0.714. The van der Waals surface area contributed by atoms with E-state index in [0.717, 1.165) is 43.9 Å². The van der Waals surface area contributed by atoms with Crippen molar-refractivity contribution in [1.82, 2.24) is 15.1 Å². The molecule has 0 bridgehead atoms. The standard InChI is InChI=1S/C21H31N3O2S/c1-4-5-14(2)24-12-16-17(13-24)21(22-19(16)25)8-10-23(11-9-21)20(26)18-7-6-15(3)27-18/h6-7,14,16-17H,4-5,8-13H2,1-3H3,(H,22,25)/t14-,16+,17-/m0/s1. The van der Waals surface area contributed by atoms with Crippen molar-refractivity contribution in [2.24, 2.45) is 11.8 Å². The van der Waals surface area contributed by atoms with Crippen LogP contribution in [0.2, 0.25) is 0 Å². The zero-order valence-electron chi connectivity index (χ0n) is 16.7. The number of likely N-dealkylation sites (tertiary alicyclic amines) is 2. The highest BCUT2D eigenvalue weighted by molar-refractivity contribution is 7.13. The van der Waals surface area contributed by atoms with Gasteiger partial charge in [0.2, 0.25) is 5.91 Å². The van der Waals surface area contributed by atoms with Crippen molar-refractivity contribution in [1.29, 1.82) is 0 Å². The van der Waals surface area contributed by atoms with Gasteiger partial charge >= 0.3 is 0 Å². The van der Waals surface area contributed by atoms with Crippen LogP contribution >= 0.6 is 11.3 Å². The van der Waals surface area contributed by atoms with E-state index in [9.17, 15) is 9.59 Å². The molecule has 148 valence electrons. The fourth-order valence-electron chi connectivity index (χ4n) is 5.36. The Bertz CT molecular complexity index is 723. The molecule has 2 amide bonds. The van der Waals surface area contributed by atoms with Crippen LogP contribution < -0.4 is 5.32 Å². The van der Waals surface area contributed by atoms with Gasteiger partial charge in [-0.05, 0) is 45.2 Å². The van der Waals surface area contributed by atoms with E-state index in [1.165, 1.54) is 17.7 Å². The lowest BCUT2D eigenvalue weighted by Crippen LogP contribution is -2.56. The SMILES string of the molecule is CCC[C@H](C)N1C[C@H]2C(=O)NC3(CCN(C(=O)c4ccc(C)s4)CC3)[C@H]2C1. The molecule has 6 heteroatoms. The summed E-state index contributed by atoms with van der Waals surface area (Å²) in [4.78, 5) is 31.9. The van der Waals surface area contributed by atoms with E-state index >= 15 is 0 Å². The predicted octanol–water partition coefficient (Wildman–Crippen LogP) is 2.90. The van der Waals surface area contributed by atoms with Crippen LogP contribution in [-0.2, 0) is 4.79 Å². The van der Waals surface area contributed by atoms with Crippen molar-refractivity contribution in [3.05, 3.63) is 21.9 Å². The smallest absolute Gasteiger partial charge is 0.263 e. The summed E-state index contributed by atoms with van der Waals surface area (Å²) in [7, 11) is 0. The van der Waals surface area contributed by atoms with Gasteiger partial charge in [0.15, 0.2) is 0 Å². The van der Waals surface area contributed by atoms with Crippen molar-refractivity contribution >= 4 is 23.2 Å². The number of piperidine rings is 1. The Morgan fingerprint density at radius 3 is 2.70 bits per heavy atom. The van der Waals surface area contributed by atoms with Gasteiger partial charge in [-0.2, -0.15) is 0 Å². The fourth-order valence-corrected chi connectivity index (χ4v) is 6.20. The van der Waals surface area contributed by atoms with Crippen molar-refractivity contribution < 1.29 is 9.59 Å². The first-order valence-corrected chi connectivity index (χ1v) is 11.2. The first-order chi connectivity index (χ1) is 12.9. The van der Waals surface area contributed by atoms with Crippen LogP contribution in [0, 0.1) is 18.8 Å². The Morgan fingerprint density at radius 2 is 2.07 bits per heavy atom. The number of carbonyl (C=O) groups is 2. The summed E-state index contributed by atoms with van der Waals surface area (Å²) in [5, 5.41) is 3.37. The molecule has 0 unspecified atom stereocenters. The number of fused-ring (bicyclic) bond motifs is 2. The number of aryl methyl sites for hydroxylation is 1. The summed E-state index contributed by atoms with van der Waals surface area (Å²) in [5.41, 5.74) is -0.107. The Kier molecular flexibility index (Phi) is 5.06. The molecule has 0 aromatic carbocycles. The van der Waals surface area contributed by atoms with Crippen LogP contribution in [0.1, 0.15) is 54.1 Å². The van der Waals surface area contributed by atoms with Crippen molar-refractivity contribution in [3.63, 3.8) is 0 Å². The van der Waals surface area contributed by atoms with E-state index < -0.39 is 0 Å². The molecule has 1 aromatic rings. The number of nitrogens with one attached hydrogen (secondary N) is 1. The van der Waals surface area contributed by atoms with Crippen LogP contribution in [0.15, 0.2) is 12.1 Å².